The summed E-state index contributed by atoms with van der Waals surface area (Å²) in [6, 6.07) is 10.1. The molecule has 1 fully saturated rings. The van der Waals surface area contributed by atoms with E-state index in [1.54, 1.807) is 12.1 Å². The second-order valence-electron chi connectivity index (χ2n) is 6.63. The molecule has 2 amide bonds. The van der Waals surface area contributed by atoms with E-state index in [-0.39, 0.29) is 17.4 Å². The maximum Gasteiger partial charge on any atom is 0.235 e. The number of hydrogen-bond donors (Lipinski definition) is 2. The van der Waals surface area contributed by atoms with Crippen LogP contribution in [0.4, 0.5) is 20.2 Å². The maximum atomic E-state index is 13.8. The van der Waals surface area contributed by atoms with Crippen LogP contribution in [0.3, 0.4) is 0 Å². The standard InChI is InChI=1S/C20H20F2N2O2/c1-13(25)23-18-12-16(7-8-17(18)22)24-19(26)20(9-2-3-10-20)14-5-4-6-15(21)11-14/h4-8,11-12H,2-3,9-10H2,1H3,(H,23,25)(H,24,26). The van der Waals surface area contributed by atoms with Crippen molar-refractivity contribution in [2.45, 2.75) is 38.0 Å². The van der Waals surface area contributed by atoms with E-state index in [9.17, 15) is 18.4 Å². The highest BCUT2D eigenvalue weighted by atomic mass is 19.1. The van der Waals surface area contributed by atoms with Crippen LogP contribution in [0.1, 0.15) is 38.2 Å². The summed E-state index contributed by atoms with van der Waals surface area (Å²) in [6.07, 6.45) is 3.01. The third-order valence-corrected chi connectivity index (χ3v) is 4.80. The minimum absolute atomic E-state index is 0.00141. The largest absolute Gasteiger partial charge is 0.325 e. The zero-order chi connectivity index (χ0) is 18.7. The number of carbonyl (C=O) groups excluding carboxylic acids is 2. The molecule has 1 aliphatic rings. The van der Waals surface area contributed by atoms with Crippen LogP contribution >= 0.6 is 0 Å². The molecule has 0 atom stereocenters. The molecule has 1 aliphatic carbocycles. The summed E-state index contributed by atoms with van der Waals surface area (Å²) in [5.74, 6) is -1.62. The molecule has 0 radical (unpaired) electrons. The van der Waals surface area contributed by atoms with Gasteiger partial charge in [0.15, 0.2) is 0 Å². The van der Waals surface area contributed by atoms with Crippen LogP contribution in [0.25, 0.3) is 0 Å². The first-order valence-electron chi connectivity index (χ1n) is 8.55. The Hall–Kier alpha value is -2.76. The molecular formula is C20H20F2N2O2. The quantitative estimate of drug-likeness (QED) is 0.852. The fourth-order valence-electron chi connectivity index (χ4n) is 3.55. The van der Waals surface area contributed by atoms with Crippen LogP contribution in [0, 0.1) is 11.6 Å². The summed E-state index contributed by atoms with van der Waals surface area (Å²) < 4.78 is 27.5. The Bertz CT molecular complexity index is 845. The van der Waals surface area contributed by atoms with Crippen LogP contribution in [-0.4, -0.2) is 11.8 Å². The van der Waals surface area contributed by atoms with Gasteiger partial charge in [0.2, 0.25) is 11.8 Å². The number of carbonyl (C=O) groups is 2. The number of benzene rings is 2. The van der Waals surface area contributed by atoms with Crippen LogP contribution in [-0.2, 0) is 15.0 Å². The van der Waals surface area contributed by atoms with Crippen molar-refractivity contribution in [1.29, 1.82) is 0 Å². The van der Waals surface area contributed by atoms with Crippen molar-refractivity contribution >= 4 is 23.2 Å². The van der Waals surface area contributed by atoms with Crippen LogP contribution in [0.5, 0.6) is 0 Å². The van der Waals surface area contributed by atoms with Gasteiger partial charge in [-0.05, 0) is 48.7 Å². The molecular weight excluding hydrogens is 338 g/mol. The minimum Gasteiger partial charge on any atom is -0.325 e. The van der Waals surface area contributed by atoms with Gasteiger partial charge < -0.3 is 10.6 Å². The maximum absolute atomic E-state index is 13.8. The second kappa shape index (κ2) is 7.23. The first-order valence-corrected chi connectivity index (χ1v) is 8.55. The molecule has 136 valence electrons. The first kappa shape index (κ1) is 18.0. The molecule has 1 saturated carbocycles. The van der Waals surface area contributed by atoms with E-state index in [0.717, 1.165) is 12.8 Å². The van der Waals surface area contributed by atoms with Gasteiger partial charge in [0.1, 0.15) is 11.6 Å². The third-order valence-electron chi connectivity index (χ3n) is 4.80. The van der Waals surface area contributed by atoms with Gasteiger partial charge in [0.25, 0.3) is 0 Å². The highest BCUT2D eigenvalue weighted by Gasteiger charge is 2.42. The highest BCUT2D eigenvalue weighted by molar-refractivity contribution is 6.00. The summed E-state index contributed by atoms with van der Waals surface area (Å²) in [5.41, 5.74) is 0.228. The molecule has 2 N–H and O–H groups in total. The van der Waals surface area contributed by atoms with Gasteiger partial charge in [0, 0.05) is 12.6 Å². The van der Waals surface area contributed by atoms with E-state index in [1.165, 1.54) is 37.3 Å². The molecule has 6 heteroatoms. The van der Waals surface area contributed by atoms with Crippen molar-refractivity contribution in [2.24, 2.45) is 0 Å². The minimum atomic E-state index is -0.801. The topological polar surface area (TPSA) is 58.2 Å². The van der Waals surface area contributed by atoms with Gasteiger partial charge in [0.05, 0.1) is 11.1 Å². The predicted molar refractivity (Wildman–Crippen MR) is 95.9 cm³/mol. The van der Waals surface area contributed by atoms with Crippen molar-refractivity contribution in [1.82, 2.24) is 0 Å². The molecule has 2 aromatic carbocycles. The predicted octanol–water partition coefficient (Wildman–Crippen LogP) is 4.37. The molecule has 0 bridgehead atoms. The molecule has 4 nitrogen and oxygen atoms in total. The second-order valence-corrected chi connectivity index (χ2v) is 6.63. The lowest BCUT2D eigenvalue weighted by atomic mass is 9.78. The van der Waals surface area contributed by atoms with Crippen LogP contribution in [0.2, 0.25) is 0 Å². The Labute approximate surface area is 150 Å². The molecule has 3 rings (SSSR count). The van der Waals surface area contributed by atoms with Crippen LogP contribution in [0.15, 0.2) is 42.5 Å². The SMILES string of the molecule is CC(=O)Nc1cc(NC(=O)C2(c3cccc(F)c3)CCCC2)ccc1F. The number of nitrogens with one attached hydrogen (secondary N) is 2. The smallest absolute Gasteiger partial charge is 0.235 e. The van der Waals surface area contributed by atoms with E-state index in [1.807, 2.05) is 0 Å². The fraction of sp³-hybridized carbons (Fsp3) is 0.300. The summed E-state index contributed by atoms with van der Waals surface area (Å²) >= 11 is 0. The Morgan fingerprint density at radius 1 is 1.00 bits per heavy atom. The number of hydrogen-bond acceptors (Lipinski definition) is 2. The van der Waals surface area contributed by atoms with Gasteiger partial charge in [-0.1, -0.05) is 25.0 Å². The highest BCUT2D eigenvalue weighted by Crippen LogP contribution is 2.42. The van der Waals surface area contributed by atoms with E-state index in [4.69, 9.17) is 0 Å². The van der Waals surface area contributed by atoms with Gasteiger partial charge in [-0.15, -0.1) is 0 Å². The number of amides is 2. The number of halogens is 2. The summed E-state index contributed by atoms with van der Waals surface area (Å²) in [5, 5.41) is 5.19. The van der Waals surface area contributed by atoms with Crippen molar-refractivity contribution in [3.05, 3.63) is 59.7 Å². The van der Waals surface area contributed by atoms with Crippen molar-refractivity contribution in [3.63, 3.8) is 0 Å². The van der Waals surface area contributed by atoms with Gasteiger partial charge in [-0.3, -0.25) is 9.59 Å². The van der Waals surface area contributed by atoms with E-state index in [0.29, 0.717) is 24.1 Å². The molecule has 0 unspecified atom stereocenters. The van der Waals surface area contributed by atoms with Gasteiger partial charge in [-0.2, -0.15) is 0 Å². The van der Waals surface area contributed by atoms with Crippen molar-refractivity contribution in [2.75, 3.05) is 10.6 Å². The van der Waals surface area contributed by atoms with Gasteiger partial charge in [-0.25, -0.2) is 8.78 Å². The van der Waals surface area contributed by atoms with Crippen molar-refractivity contribution in [3.8, 4) is 0 Å². The molecule has 0 heterocycles. The lowest BCUT2D eigenvalue weighted by molar-refractivity contribution is -0.121. The van der Waals surface area contributed by atoms with Crippen molar-refractivity contribution < 1.29 is 18.4 Å². The summed E-state index contributed by atoms with van der Waals surface area (Å²) in [7, 11) is 0. The Morgan fingerprint density at radius 3 is 2.38 bits per heavy atom. The Morgan fingerprint density at radius 2 is 1.73 bits per heavy atom. The molecule has 0 aliphatic heterocycles. The molecule has 0 saturated heterocycles. The summed E-state index contributed by atoms with van der Waals surface area (Å²) in [4.78, 5) is 24.2. The number of rotatable bonds is 4. The molecule has 0 spiro atoms. The average molecular weight is 358 g/mol. The number of anilines is 2. The summed E-state index contributed by atoms with van der Waals surface area (Å²) in [6.45, 7) is 1.28. The van der Waals surface area contributed by atoms with E-state index >= 15 is 0 Å². The monoisotopic (exact) mass is 358 g/mol. The van der Waals surface area contributed by atoms with Gasteiger partial charge >= 0.3 is 0 Å². The lowest BCUT2D eigenvalue weighted by Crippen LogP contribution is -2.38. The zero-order valence-electron chi connectivity index (χ0n) is 14.4. The molecule has 2 aromatic rings. The molecule has 0 aromatic heterocycles. The Balaban J connectivity index is 1.89. The molecule has 26 heavy (non-hydrogen) atoms. The van der Waals surface area contributed by atoms with Crippen LogP contribution < -0.4 is 10.6 Å². The first-order chi connectivity index (χ1) is 12.4. The van der Waals surface area contributed by atoms with E-state index in [2.05, 4.69) is 10.6 Å². The fourth-order valence-corrected chi connectivity index (χ4v) is 3.55. The Kier molecular flexibility index (Phi) is 5.02. The lowest BCUT2D eigenvalue weighted by Gasteiger charge is -2.28. The zero-order valence-corrected chi connectivity index (χ0v) is 14.4. The normalized spacial score (nSPS) is 15.5. The average Bonchev–Trinajstić information content (AvgIpc) is 3.08. The van der Waals surface area contributed by atoms with E-state index < -0.39 is 17.1 Å². The third kappa shape index (κ3) is 3.59.